The molecule has 0 fully saturated rings. The van der Waals surface area contributed by atoms with Crippen LogP contribution in [-0.2, 0) is 14.3 Å². The number of aliphatic carboxylic acids is 1. The highest BCUT2D eigenvalue weighted by molar-refractivity contribution is 5.66. The minimum absolute atomic E-state index is 0.00102. The number of aliphatic hydroxyl groups excluding tert-OH is 2. The maximum atomic E-state index is 10.2. The van der Waals surface area contributed by atoms with Crippen LogP contribution in [0.4, 0.5) is 0 Å². The van der Waals surface area contributed by atoms with E-state index in [1.54, 1.807) is 0 Å². The van der Waals surface area contributed by atoms with Gasteiger partial charge in [0.2, 0.25) is 0 Å². The van der Waals surface area contributed by atoms with Gasteiger partial charge in [-0.25, -0.2) is 0 Å². The molecule has 0 radical (unpaired) electrons. The summed E-state index contributed by atoms with van der Waals surface area (Å²) in [6, 6.07) is 0. The van der Waals surface area contributed by atoms with Crippen LogP contribution in [0.1, 0.15) is 32.1 Å². The Morgan fingerprint density at radius 1 is 1.06 bits per heavy atom. The second-order valence-corrected chi connectivity index (χ2v) is 4.06. The molecule has 108 valence electrons. The van der Waals surface area contributed by atoms with E-state index >= 15 is 0 Å². The fourth-order valence-corrected chi connectivity index (χ4v) is 1.42. The highest BCUT2D eigenvalue weighted by Gasteiger charge is 2.04. The monoisotopic (exact) mass is 264 g/mol. The van der Waals surface area contributed by atoms with E-state index in [2.05, 4.69) is 0 Å². The molecule has 1 atom stereocenters. The Balaban J connectivity index is 3.17. The largest absolute Gasteiger partial charge is 0.481 e. The summed E-state index contributed by atoms with van der Waals surface area (Å²) in [5.41, 5.74) is 0. The van der Waals surface area contributed by atoms with Crippen LogP contribution in [0.15, 0.2) is 0 Å². The molecule has 0 rings (SSSR count). The zero-order valence-electron chi connectivity index (χ0n) is 10.7. The van der Waals surface area contributed by atoms with Gasteiger partial charge >= 0.3 is 5.97 Å². The number of hydrogen-bond acceptors (Lipinski definition) is 5. The first-order valence-electron chi connectivity index (χ1n) is 6.33. The average molecular weight is 264 g/mol. The van der Waals surface area contributed by atoms with E-state index in [-0.39, 0.29) is 19.6 Å². The summed E-state index contributed by atoms with van der Waals surface area (Å²) in [5, 5.41) is 26.4. The van der Waals surface area contributed by atoms with E-state index in [1.807, 2.05) is 0 Å². The molecule has 0 aromatic heterocycles. The maximum Gasteiger partial charge on any atom is 0.303 e. The molecule has 0 heterocycles. The van der Waals surface area contributed by atoms with Gasteiger partial charge in [-0.1, -0.05) is 12.8 Å². The van der Waals surface area contributed by atoms with Crippen LogP contribution in [0, 0.1) is 0 Å². The van der Waals surface area contributed by atoms with Crippen molar-refractivity contribution in [2.24, 2.45) is 0 Å². The van der Waals surface area contributed by atoms with Gasteiger partial charge in [-0.3, -0.25) is 4.79 Å². The molecule has 18 heavy (non-hydrogen) atoms. The topological polar surface area (TPSA) is 96.2 Å². The van der Waals surface area contributed by atoms with Crippen LogP contribution < -0.4 is 0 Å². The Morgan fingerprint density at radius 3 is 2.44 bits per heavy atom. The summed E-state index contributed by atoms with van der Waals surface area (Å²) in [7, 11) is 0. The van der Waals surface area contributed by atoms with Crippen molar-refractivity contribution in [3.63, 3.8) is 0 Å². The lowest BCUT2D eigenvalue weighted by Gasteiger charge is -2.11. The van der Waals surface area contributed by atoms with Crippen molar-refractivity contribution in [2.45, 2.75) is 38.2 Å². The number of carbonyl (C=O) groups is 1. The van der Waals surface area contributed by atoms with Crippen molar-refractivity contribution in [1.82, 2.24) is 0 Å². The van der Waals surface area contributed by atoms with Crippen LogP contribution in [0.2, 0.25) is 0 Å². The molecule has 1 unspecified atom stereocenters. The number of unbranched alkanes of at least 4 members (excludes halogenated alkanes) is 2. The smallest absolute Gasteiger partial charge is 0.303 e. The van der Waals surface area contributed by atoms with Gasteiger partial charge in [-0.15, -0.1) is 0 Å². The van der Waals surface area contributed by atoms with Crippen molar-refractivity contribution in [2.75, 3.05) is 33.0 Å². The summed E-state index contributed by atoms with van der Waals surface area (Å²) in [5.74, 6) is -0.776. The van der Waals surface area contributed by atoms with E-state index < -0.39 is 12.1 Å². The molecule has 0 saturated carbocycles. The number of ether oxygens (including phenoxy) is 2. The van der Waals surface area contributed by atoms with Gasteiger partial charge in [0.1, 0.15) is 0 Å². The molecule has 0 spiro atoms. The van der Waals surface area contributed by atoms with E-state index in [9.17, 15) is 9.90 Å². The lowest BCUT2D eigenvalue weighted by molar-refractivity contribution is -0.137. The fourth-order valence-electron chi connectivity index (χ4n) is 1.42. The lowest BCUT2D eigenvalue weighted by atomic mass is 10.1. The first-order chi connectivity index (χ1) is 8.66. The van der Waals surface area contributed by atoms with Crippen LogP contribution in [0.25, 0.3) is 0 Å². The summed E-state index contributed by atoms with van der Waals surface area (Å²) in [6.45, 7) is 1.37. The standard InChI is InChI=1S/C12H24O6/c13-6-7-17-8-9-18-10-11(14)4-2-1-3-5-12(15)16/h11,13-14H,1-10H2,(H,15,16). The van der Waals surface area contributed by atoms with Crippen molar-refractivity contribution < 1.29 is 29.6 Å². The van der Waals surface area contributed by atoms with E-state index in [0.29, 0.717) is 32.7 Å². The molecular formula is C12H24O6. The third kappa shape index (κ3) is 13.4. The number of carboxylic acid groups (broad SMARTS) is 1. The quantitative estimate of drug-likeness (QED) is 0.417. The fraction of sp³-hybridized carbons (Fsp3) is 0.917. The molecule has 0 aliphatic carbocycles. The number of hydrogen-bond donors (Lipinski definition) is 3. The van der Waals surface area contributed by atoms with Crippen molar-refractivity contribution >= 4 is 5.97 Å². The molecule has 0 saturated heterocycles. The Hall–Kier alpha value is -0.690. The second-order valence-electron chi connectivity index (χ2n) is 4.06. The zero-order valence-corrected chi connectivity index (χ0v) is 10.7. The molecule has 0 aromatic rings. The molecule has 0 amide bonds. The first kappa shape index (κ1) is 17.3. The minimum Gasteiger partial charge on any atom is -0.481 e. The van der Waals surface area contributed by atoms with Gasteiger partial charge in [-0.05, 0) is 12.8 Å². The third-order valence-corrected chi connectivity index (χ3v) is 2.35. The van der Waals surface area contributed by atoms with E-state index in [4.69, 9.17) is 19.7 Å². The molecule has 6 heteroatoms. The number of carboxylic acids is 1. The van der Waals surface area contributed by atoms with Gasteiger partial charge in [0.15, 0.2) is 0 Å². The Labute approximate surface area is 108 Å². The van der Waals surface area contributed by atoms with Crippen LogP contribution in [-0.4, -0.2) is 60.4 Å². The number of aliphatic hydroxyl groups is 2. The predicted octanol–water partition coefficient (Wildman–Crippen LogP) is 0.408. The summed E-state index contributed by atoms with van der Waals surface area (Å²) < 4.78 is 10.2. The van der Waals surface area contributed by atoms with Gasteiger partial charge in [0, 0.05) is 6.42 Å². The number of rotatable bonds is 13. The van der Waals surface area contributed by atoms with Crippen LogP contribution in [0.5, 0.6) is 0 Å². The third-order valence-electron chi connectivity index (χ3n) is 2.35. The van der Waals surface area contributed by atoms with Crippen LogP contribution >= 0.6 is 0 Å². The Bertz CT molecular complexity index is 197. The maximum absolute atomic E-state index is 10.2. The van der Waals surface area contributed by atoms with Gasteiger partial charge < -0.3 is 24.8 Å². The van der Waals surface area contributed by atoms with E-state index in [0.717, 1.165) is 12.8 Å². The van der Waals surface area contributed by atoms with E-state index in [1.165, 1.54) is 0 Å². The Morgan fingerprint density at radius 2 is 1.78 bits per heavy atom. The first-order valence-corrected chi connectivity index (χ1v) is 6.33. The Kier molecular flexibility index (Phi) is 12.3. The zero-order chi connectivity index (χ0) is 13.6. The average Bonchev–Trinajstić information content (AvgIpc) is 2.33. The highest BCUT2D eigenvalue weighted by Crippen LogP contribution is 2.06. The van der Waals surface area contributed by atoms with Crippen LogP contribution in [0.3, 0.4) is 0 Å². The van der Waals surface area contributed by atoms with Gasteiger partial charge in [0.05, 0.1) is 39.1 Å². The lowest BCUT2D eigenvalue weighted by Crippen LogP contribution is -2.17. The molecule has 0 aliphatic rings. The van der Waals surface area contributed by atoms with Gasteiger partial charge in [-0.2, -0.15) is 0 Å². The summed E-state index contributed by atoms with van der Waals surface area (Å²) in [6.07, 6.45) is 2.57. The van der Waals surface area contributed by atoms with Gasteiger partial charge in [0.25, 0.3) is 0 Å². The van der Waals surface area contributed by atoms with Crippen molar-refractivity contribution in [3.8, 4) is 0 Å². The minimum atomic E-state index is -0.776. The molecule has 3 N–H and O–H groups in total. The van der Waals surface area contributed by atoms with Crippen molar-refractivity contribution in [3.05, 3.63) is 0 Å². The SMILES string of the molecule is O=C(O)CCCCCC(O)COCCOCCO. The molecule has 0 bridgehead atoms. The molecule has 6 nitrogen and oxygen atoms in total. The highest BCUT2D eigenvalue weighted by atomic mass is 16.5. The predicted molar refractivity (Wildman–Crippen MR) is 65.5 cm³/mol. The molecule has 0 aromatic carbocycles. The van der Waals surface area contributed by atoms with Crippen molar-refractivity contribution in [1.29, 1.82) is 0 Å². The second kappa shape index (κ2) is 12.8. The normalized spacial score (nSPS) is 12.6. The summed E-state index contributed by atoms with van der Waals surface area (Å²) >= 11 is 0. The molecule has 0 aliphatic heterocycles. The molecular weight excluding hydrogens is 240 g/mol. The summed E-state index contributed by atoms with van der Waals surface area (Å²) in [4.78, 5) is 10.2.